The summed E-state index contributed by atoms with van der Waals surface area (Å²) in [5, 5.41) is 5.89. The Morgan fingerprint density at radius 2 is 1.70 bits per heavy atom. The number of benzene rings is 2. The van der Waals surface area contributed by atoms with Gasteiger partial charge in [-0.15, -0.1) is 0 Å². The number of carbonyl (C=O) groups excluding carboxylic acids is 1. The second kappa shape index (κ2) is 8.54. The molecule has 7 heteroatoms. The Morgan fingerprint density at radius 1 is 1.07 bits per heavy atom. The summed E-state index contributed by atoms with van der Waals surface area (Å²) in [5.74, 6) is -0.167. The van der Waals surface area contributed by atoms with Gasteiger partial charge in [0.15, 0.2) is 0 Å². The fourth-order valence-corrected chi connectivity index (χ4v) is 3.82. The number of carbonyl (C=O) groups is 1. The lowest BCUT2D eigenvalue weighted by atomic mass is 10.1. The Balaban J connectivity index is 1.99. The maximum Gasteiger partial charge on any atom is 0.243 e. The van der Waals surface area contributed by atoms with Crippen LogP contribution >= 0.6 is 0 Å². The molecule has 0 aliphatic carbocycles. The smallest absolute Gasteiger partial charge is 0.243 e. The first-order chi connectivity index (χ1) is 12.6. The third-order valence-corrected chi connectivity index (χ3v) is 6.64. The Kier molecular flexibility index (Phi) is 6.62. The normalized spacial score (nSPS) is 11.7. The minimum Gasteiger partial charge on any atom is -0.376 e. The molecule has 0 unspecified atom stereocenters. The molecule has 6 nitrogen and oxygen atoms in total. The van der Waals surface area contributed by atoms with Crippen LogP contribution in [0.1, 0.15) is 25.0 Å². The molecule has 0 atom stereocenters. The van der Waals surface area contributed by atoms with Crippen molar-refractivity contribution in [3.05, 3.63) is 53.6 Å². The lowest BCUT2D eigenvalue weighted by Gasteiger charge is -2.21. The SMILES string of the molecule is Cc1cccc(NC(=O)CNc2ccc(S(=O)(=O)N(C)C(C)C)cc2)c1C. The molecule has 0 fully saturated rings. The van der Waals surface area contributed by atoms with Crippen LogP contribution in [-0.4, -0.2) is 38.3 Å². The second-order valence-electron chi connectivity index (χ2n) is 6.79. The van der Waals surface area contributed by atoms with E-state index in [-0.39, 0.29) is 23.4 Å². The van der Waals surface area contributed by atoms with Crippen LogP contribution in [0.2, 0.25) is 0 Å². The lowest BCUT2D eigenvalue weighted by Crippen LogP contribution is -2.33. The summed E-state index contributed by atoms with van der Waals surface area (Å²) >= 11 is 0. The summed E-state index contributed by atoms with van der Waals surface area (Å²) in [6.07, 6.45) is 0. The average Bonchev–Trinajstić information content (AvgIpc) is 2.63. The molecule has 0 heterocycles. The van der Waals surface area contributed by atoms with Crippen molar-refractivity contribution in [3.63, 3.8) is 0 Å². The van der Waals surface area contributed by atoms with Crippen molar-refractivity contribution in [2.24, 2.45) is 0 Å². The van der Waals surface area contributed by atoms with Crippen molar-refractivity contribution in [1.82, 2.24) is 4.31 Å². The van der Waals surface area contributed by atoms with Gasteiger partial charge in [-0.2, -0.15) is 4.31 Å². The first-order valence-corrected chi connectivity index (χ1v) is 10.2. The van der Waals surface area contributed by atoms with Crippen LogP contribution in [0, 0.1) is 13.8 Å². The molecule has 0 saturated heterocycles. The first-order valence-electron chi connectivity index (χ1n) is 8.81. The highest BCUT2D eigenvalue weighted by Gasteiger charge is 2.22. The quantitative estimate of drug-likeness (QED) is 0.761. The molecule has 0 radical (unpaired) electrons. The zero-order valence-electron chi connectivity index (χ0n) is 16.4. The predicted octanol–water partition coefficient (Wildman–Crippen LogP) is 3.38. The van der Waals surface area contributed by atoms with E-state index in [2.05, 4.69) is 10.6 Å². The maximum absolute atomic E-state index is 12.5. The molecule has 2 N–H and O–H groups in total. The summed E-state index contributed by atoms with van der Waals surface area (Å²) in [5.41, 5.74) is 3.62. The highest BCUT2D eigenvalue weighted by molar-refractivity contribution is 7.89. The number of amides is 1. The largest absolute Gasteiger partial charge is 0.376 e. The molecular formula is C20H27N3O3S. The van der Waals surface area contributed by atoms with Crippen LogP contribution in [0.4, 0.5) is 11.4 Å². The number of rotatable bonds is 7. The van der Waals surface area contributed by atoms with E-state index in [1.807, 2.05) is 45.9 Å². The monoisotopic (exact) mass is 389 g/mol. The van der Waals surface area contributed by atoms with Gasteiger partial charge in [0.05, 0.1) is 11.4 Å². The standard InChI is InChI=1S/C20H27N3O3S/c1-14(2)23(5)27(25,26)18-11-9-17(10-12-18)21-13-20(24)22-19-8-6-7-15(3)16(19)4/h6-12,14,21H,13H2,1-5H3,(H,22,24). The van der Waals surface area contributed by atoms with Crippen LogP contribution < -0.4 is 10.6 Å². The average molecular weight is 390 g/mol. The fourth-order valence-electron chi connectivity index (χ4n) is 2.45. The van der Waals surface area contributed by atoms with Gasteiger partial charge in [-0.3, -0.25) is 4.79 Å². The number of aryl methyl sites for hydroxylation is 1. The van der Waals surface area contributed by atoms with Crippen LogP contribution in [0.25, 0.3) is 0 Å². The molecule has 2 rings (SSSR count). The van der Waals surface area contributed by atoms with Crippen molar-refractivity contribution in [2.45, 2.75) is 38.6 Å². The molecule has 0 aliphatic rings. The zero-order chi connectivity index (χ0) is 20.2. The van der Waals surface area contributed by atoms with E-state index >= 15 is 0 Å². The van der Waals surface area contributed by atoms with Gasteiger partial charge in [0.25, 0.3) is 0 Å². The van der Waals surface area contributed by atoms with Crippen LogP contribution in [-0.2, 0) is 14.8 Å². The number of nitrogens with one attached hydrogen (secondary N) is 2. The Labute approximate surface area is 161 Å². The van der Waals surface area contributed by atoms with Gasteiger partial charge in [0.1, 0.15) is 0 Å². The van der Waals surface area contributed by atoms with E-state index in [0.717, 1.165) is 16.8 Å². The highest BCUT2D eigenvalue weighted by atomic mass is 32.2. The minimum absolute atomic E-state index is 0.0887. The predicted molar refractivity (Wildman–Crippen MR) is 110 cm³/mol. The maximum atomic E-state index is 12.5. The van der Waals surface area contributed by atoms with E-state index in [0.29, 0.717) is 5.69 Å². The van der Waals surface area contributed by atoms with Crippen molar-refractivity contribution < 1.29 is 13.2 Å². The van der Waals surface area contributed by atoms with Crippen LogP contribution in [0.3, 0.4) is 0 Å². The highest BCUT2D eigenvalue weighted by Crippen LogP contribution is 2.20. The molecule has 0 aromatic heterocycles. The van der Waals surface area contributed by atoms with Crippen LogP contribution in [0.5, 0.6) is 0 Å². The van der Waals surface area contributed by atoms with Gasteiger partial charge in [-0.05, 0) is 69.2 Å². The third kappa shape index (κ3) is 5.08. The third-order valence-electron chi connectivity index (χ3n) is 4.59. The second-order valence-corrected chi connectivity index (χ2v) is 8.79. The molecule has 0 saturated carbocycles. The van der Waals surface area contributed by atoms with Gasteiger partial charge in [0, 0.05) is 24.5 Å². The molecule has 0 aliphatic heterocycles. The summed E-state index contributed by atoms with van der Waals surface area (Å²) < 4.78 is 26.2. The molecule has 27 heavy (non-hydrogen) atoms. The number of anilines is 2. The number of hydrogen-bond acceptors (Lipinski definition) is 4. The number of sulfonamides is 1. The minimum atomic E-state index is -3.51. The van der Waals surface area contributed by atoms with Crippen molar-refractivity contribution in [2.75, 3.05) is 24.2 Å². The van der Waals surface area contributed by atoms with Gasteiger partial charge in [-0.1, -0.05) is 12.1 Å². The van der Waals surface area contributed by atoms with E-state index in [9.17, 15) is 13.2 Å². The van der Waals surface area contributed by atoms with E-state index in [1.54, 1.807) is 31.3 Å². The topological polar surface area (TPSA) is 78.5 Å². The lowest BCUT2D eigenvalue weighted by molar-refractivity contribution is -0.114. The Morgan fingerprint density at radius 3 is 2.30 bits per heavy atom. The molecule has 0 bridgehead atoms. The van der Waals surface area contributed by atoms with Crippen molar-refractivity contribution in [1.29, 1.82) is 0 Å². The Hall–Kier alpha value is -2.38. The summed E-state index contributed by atoms with van der Waals surface area (Å²) in [4.78, 5) is 12.4. The number of hydrogen-bond donors (Lipinski definition) is 2. The van der Waals surface area contributed by atoms with E-state index < -0.39 is 10.0 Å². The van der Waals surface area contributed by atoms with Gasteiger partial charge in [-0.25, -0.2) is 8.42 Å². The summed E-state index contributed by atoms with van der Waals surface area (Å²) in [7, 11) is -1.95. The summed E-state index contributed by atoms with van der Waals surface area (Å²) in [6.45, 7) is 7.69. The number of nitrogens with zero attached hydrogens (tertiary/aromatic N) is 1. The first kappa shape index (κ1) is 20.9. The van der Waals surface area contributed by atoms with Gasteiger partial charge in [0.2, 0.25) is 15.9 Å². The fraction of sp³-hybridized carbons (Fsp3) is 0.350. The molecular weight excluding hydrogens is 362 g/mol. The molecule has 1 amide bonds. The van der Waals surface area contributed by atoms with Crippen molar-refractivity contribution >= 4 is 27.3 Å². The Bertz CT molecular complexity index is 907. The zero-order valence-corrected chi connectivity index (χ0v) is 17.2. The molecule has 146 valence electrons. The van der Waals surface area contributed by atoms with Gasteiger partial charge >= 0.3 is 0 Å². The molecule has 2 aromatic rings. The van der Waals surface area contributed by atoms with E-state index in [1.165, 1.54) is 4.31 Å². The van der Waals surface area contributed by atoms with Gasteiger partial charge < -0.3 is 10.6 Å². The van der Waals surface area contributed by atoms with Crippen molar-refractivity contribution in [3.8, 4) is 0 Å². The van der Waals surface area contributed by atoms with E-state index in [4.69, 9.17) is 0 Å². The van der Waals surface area contributed by atoms with Crippen LogP contribution in [0.15, 0.2) is 47.4 Å². The molecule has 0 spiro atoms. The molecule has 2 aromatic carbocycles. The summed E-state index contributed by atoms with van der Waals surface area (Å²) in [6, 6.07) is 12.0.